The number of carbonyl (C=O) groups excluding carboxylic acids is 3. The van der Waals surface area contributed by atoms with Gasteiger partial charge in [0.15, 0.2) is 5.78 Å². The van der Waals surface area contributed by atoms with Crippen molar-refractivity contribution in [2.75, 3.05) is 6.61 Å². The number of non-ortho nitro benzene ring substituents is 1. The van der Waals surface area contributed by atoms with Crippen molar-refractivity contribution in [2.45, 2.75) is 64.9 Å². The Morgan fingerprint density at radius 2 is 1.97 bits per heavy atom. The second-order valence-electron chi connectivity index (χ2n) is 11.2. The van der Waals surface area contributed by atoms with Gasteiger partial charge in [0.1, 0.15) is 6.10 Å². The quantitative estimate of drug-likeness (QED) is 0.235. The van der Waals surface area contributed by atoms with Gasteiger partial charge in [0.2, 0.25) is 0 Å². The average molecular weight is 496 g/mol. The number of cyclic esters (lactones) is 1. The Bertz CT molecular complexity index is 1130. The van der Waals surface area contributed by atoms with E-state index >= 15 is 0 Å². The van der Waals surface area contributed by atoms with Crippen LogP contribution in [-0.4, -0.2) is 35.4 Å². The lowest BCUT2D eigenvalue weighted by Gasteiger charge is -2.66. The Morgan fingerprint density at radius 1 is 1.25 bits per heavy atom. The van der Waals surface area contributed by atoms with E-state index in [0.717, 1.165) is 19.3 Å². The molecule has 1 heterocycles. The minimum Gasteiger partial charge on any atom is -0.465 e. The minimum atomic E-state index is -0.997. The van der Waals surface area contributed by atoms with E-state index in [-0.39, 0.29) is 46.7 Å². The maximum atomic E-state index is 14.0. The predicted molar refractivity (Wildman–Crippen MR) is 130 cm³/mol. The number of rotatable bonds is 6. The van der Waals surface area contributed by atoms with Gasteiger partial charge < -0.3 is 9.47 Å². The van der Waals surface area contributed by atoms with E-state index in [0.29, 0.717) is 37.9 Å². The number of benzene rings is 1. The summed E-state index contributed by atoms with van der Waals surface area (Å²) >= 11 is 0. The standard InChI is InChI=1S/C28H33NO7/c1-4-5-11-27-21(16(2)15-35-26(27)32)14-23(28-12-10-19(13-22(27)28)17(3)24(28)30)36-25(31)18-6-8-20(9-7-18)29(33)34/h6-9,16,19,21-23H,3-5,10-15H2,1-2H3/t16?,19-,21?,22?,23+,27?,28+/m0/s1. The molecule has 0 amide bonds. The molecule has 8 nitrogen and oxygen atoms in total. The van der Waals surface area contributed by atoms with Crippen molar-refractivity contribution in [3.63, 3.8) is 0 Å². The van der Waals surface area contributed by atoms with Crippen LogP contribution >= 0.6 is 0 Å². The maximum Gasteiger partial charge on any atom is 0.338 e. The molecule has 36 heavy (non-hydrogen) atoms. The first-order valence-corrected chi connectivity index (χ1v) is 13.0. The second-order valence-corrected chi connectivity index (χ2v) is 11.2. The van der Waals surface area contributed by atoms with Crippen molar-refractivity contribution < 1.29 is 28.8 Å². The molecule has 8 heteroatoms. The largest absolute Gasteiger partial charge is 0.465 e. The molecule has 2 bridgehead atoms. The van der Waals surface area contributed by atoms with Crippen LogP contribution < -0.4 is 0 Å². The zero-order valence-electron chi connectivity index (χ0n) is 20.9. The van der Waals surface area contributed by atoms with Gasteiger partial charge in [0.05, 0.1) is 27.9 Å². The highest BCUT2D eigenvalue weighted by Crippen LogP contribution is 2.69. The summed E-state index contributed by atoms with van der Waals surface area (Å²) in [6.07, 6.45) is 4.20. The van der Waals surface area contributed by atoms with Gasteiger partial charge in [-0.1, -0.05) is 33.3 Å². The Hall–Kier alpha value is -3.03. The number of Topliss-reactive ketones (excluding diaryl/α,β-unsaturated/α-hetero) is 1. The number of esters is 2. The SMILES string of the molecule is C=C1C(=O)[C@]23CC[C@H]1CC2C1(CCCC)C(=O)OCC(C)C1C[C@H]3OC(=O)c1ccc([N+](=O)[O-])cc1. The molecule has 1 aromatic rings. The lowest BCUT2D eigenvalue weighted by atomic mass is 9.37. The molecule has 0 aromatic heterocycles. The average Bonchev–Trinajstić information content (AvgIpc) is 2.88. The van der Waals surface area contributed by atoms with Crippen molar-refractivity contribution >= 4 is 23.4 Å². The number of hydrogen-bond acceptors (Lipinski definition) is 7. The fourth-order valence-electron chi connectivity index (χ4n) is 7.88. The van der Waals surface area contributed by atoms with Gasteiger partial charge in [-0.25, -0.2) is 4.79 Å². The number of ether oxygens (including phenoxy) is 2. The number of hydrogen-bond donors (Lipinski definition) is 0. The summed E-state index contributed by atoms with van der Waals surface area (Å²) in [7, 11) is 0. The molecule has 4 aliphatic carbocycles. The van der Waals surface area contributed by atoms with Crippen molar-refractivity contribution in [3.05, 3.63) is 52.1 Å². The Labute approximate surface area is 210 Å². The zero-order chi connectivity index (χ0) is 25.8. The van der Waals surface area contributed by atoms with Gasteiger partial charge in [-0.15, -0.1) is 0 Å². The van der Waals surface area contributed by atoms with Crippen LogP contribution in [0.1, 0.15) is 69.2 Å². The highest BCUT2D eigenvalue weighted by atomic mass is 16.6. The third-order valence-corrected chi connectivity index (χ3v) is 9.63. The molecular formula is C28H33NO7. The first kappa shape index (κ1) is 24.7. The maximum absolute atomic E-state index is 14.0. The number of nitrogens with zero attached hydrogens (tertiary/aromatic N) is 1. The molecule has 1 saturated heterocycles. The lowest BCUT2D eigenvalue weighted by Crippen LogP contribution is -2.70. The third-order valence-electron chi connectivity index (χ3n) is 9.63. The highest BCUT2D eigenvalue weighted by Gasteiger charge is 2.73. The van der Waals surface area contributed by atoms with Crippen LogP contribution in [0.3, 0.4) is 0 Å². The number of unbranched alkanes of at least 4 members (excludes halogenated alkanes) is 1. The lowest BCUT2D eigenvalue weighted by molar-refractivity contribution is -0.384. The number of nitro benzene ring substituents is 1. The fraction of sp³-hybridized carbons (Fsp3) is 0.607. The monoisotopic (exact) mass is 495 g/mol. The van der Waals surface area contributed by atoms with E-state index < -0.39 is 27.8 Å². The van der Waals surface area contributed by atoms with Gasteiger partial charge >= 0.3 is 11.9 Å². The molecule has 5 fully saturated rings. The van der Waals surface area contributed by atoms with Gasteiger partial charge in [-0.2, -0.15) is 0 Å². The predicted octanol–water partition coefficient (Wildman–Crippen LogP) is 5.05. The number of nitro groups is 1. The van der Waals surface area contributed by atoms with E-state index in [1.165, 1.54) is 24.3 Å². The van der Waals surface area contributed by atoms with Crippen LogP contribution in [0.25, 0.3) is 0 Å². The summed E-state index contributed by atoms with van der Waals surface area (Å²) in [5.74, 6) is -1.09. The van der Waals surface area contributed by atoms with Crippen LogP contribution in [0.5, 0.6) is 0 Å². The Morgan fingerprint density at radius 3 is 2.64 bits per heavy atom. The molecule has 4 saturated carbocycles. The Balaban J connectivity index is 1.57. The molecule has 7 atom stereocenters. The minimum absolute atomic E-state index is 0.0395. The Kier molecular flexibility index (Phi) is 6.04. The number of carbonyl (C=O) groups is 3. The van der Waals surface area contributed by atoms with Crippen LogP contribution in [0.4, 0.5) is 5.69 Å². The molecule has 1 spiro atoms. The summed E-state index contributed by atoms with van der Waals surface area (Å²) < 4.78 is 11.9. The summed E-state index contributed by atoms with van der Waals surface area (Å²) in [6.45, 7) is 8.61. The fourth-order valence-corrected chi connectivity index (χ4v) is 7.88. The summed E-state index contributed by atoms with van der Waals surface area (Å²) in [4.78, 5) is 51.3. The van der Waals surface area contributed by atoms with Crippen LogP contribution in [0, 0.1) is 44.6 Å². The highest BCUT2D eigenvalue weighted by molar-refractivity contribution is 6.03. The van der Waals surface area contributed by atoms with Crippen molar-refractivity contribution in [3.8, 4) is 0 Å². The second kappa shape index (κ2) is 8.82. The summed E-state index contributed by atoms with van der Waals surface area (Å²) in [6, 6.07) is 5.30. The first-order chi connectivity index (χ1) is 17.2. The third kappa shape index (κ3) is 3.36. The first-order valence-electron chi connectivity index (χ1n) is 13.0. The zero-order valence-corrected chi connectivity index (χ0v) is 20.9. The summed E-state index contributed by atoms with van der Waals surface area (Å²) in [5.41, 5.74) is -1.10. The molecular weight excluding hydrogens is 462 g/mol. The number of allylic oxidation sites excluding steroid dienone is 1. The van der Waals surface area contributed by atoms with Gasteiger partial charge in [-0.3, -0.25) is 19.7 Å². The molecule has 1 aromatic carbocycles. The molecule has 192 valence electrons. The van der Waals surface area contributed by atoms with E-state index in [1.807, 2.05) is 0 Å². The van der Waals surface area contributed by atoms with E-state index in [4.69, 9.17) is 9.47 Å². The summed E-state index contributed by atoms with van der Waals surface area (Å²) in [5, 5.41) is 11.0. The normalized spacial score (nSPS) is 37.1. The molecule has 1 aliphatic heterocycles. The van der Waals surface area contributed by atoms with Gasteiger partial charge in [0.25, 0.3) is 5.69 Å². The van der Waals surface area contributed by atoms with Gasteiger partial charge in [-0.05, 0) is 73.5 Å². The smallest absolute Gasteiger partial charge is 0.338 e. The van der Waals surface area contributed by atoms with Crippen LogP contribution in [0.2, 0.25) is 0 Å². The molecule has 6 rings (SSSR count). The van der Waals surface area contributed by atoms with Crippen LogP contribution in [0.15, 0.2) is 36.4 Å². The number of ketones is 1. The molecule has 5 aliphatic rings. The molecule has 0 N–H and O–H groups in total. The number of fused-ring (bicyclic) bond motifs is 3. The molecule has 0 radical (unpaired) electrons. The van der Waals surface area contributed by atoms with E-state index in [1.54, 1.807) is 0 Å². The van der Waals surface area contributed by atoms with E-state index in [2.05, 4.69) is 20.4 Å². The molecule has 4 unspecified atom stereocenters. The van der Waals surface area contributed by atoms with Crippen molar-refractivity contribution in [1.82, 2.24) is 0 Å². The topological polar surface area (TPSA) is 113 Å². The van der Waals surface area contributed by atoms with E-state index in [9.17, 15) is 24.5 Å². The van der Waals surface area contributed by atoms with Gasteiger partial charge in [0, 0.05) is 12.1 Å². The van der Waals surface area contributed by atoms with Crippen LogP contribution in [-0.2, 0) is 19.1 Å². The van der Waals surface area contributed by atoms with Crippen molar-refractivity contribution in [2.24, 2.45) is 34.5 Å². The van der Waals surface area contributed by atoms with Crippen molar-refractivity contribution in [1.29, 1.82) is 0 Å².